The van der Waals surface area contributed by atoms with E-state index in [4.69, 9.17) is 16.7 Å². The zero-order valence-electron chi connectivity index (χ0n) is 7.37. The van der Waals surface area contributed by atoms with Crippen molar-refractivity contribution in [1.29, 1.82) is 0 Å². The molecule has 0 spiro atoms. The summed E-state index contributed by atoms with van der Waals surface area (Å²) in [6.07, 6.45) is 0. The van der Waals surface area contributed by atoms with Crippen LogP contribution in [0.1, 0.15) is 0 Å². The minimum atomic E-state index is 0.822. The van der Waals surface area contributed by atoms with Gasteiger partial charge in [-0.2, -0.15) is 0 Å². The lowest BCUT2D eigenvalue weighted by Gasteiger charge is -1.97. The number of benzene rings is 2. The van der Waals surface area contributed by atoms with Gasteiger partial charge < -0.3 is 5.11 Å². The lowest BCUT2D eigenvalue weighted by atomic mass is 10.1. The standard InChI is InChI=1S/C10H7Cl.CH4O/c11-10-7-3-5-8-4-1-2-6-9(8)10;1-2/h1-7H;2H,1H3. The third-order valence-electron chi connectivity index (χ3n) is 1.74. The van der Waals surface area contributed by atoms with Gasteiger partial charge in [-0.3, -0.25) is 0 Å². The van der Waals surface area contributed by atoms with Gasteiger partial charge in [0.25, 0.3) is 0 Å². The first-order valence-corrected chi connectivity index (χ1v) is 4.34. The zero-order valence-corrected chi connectivity index (χ0v) is 8.12. The van der Waals surface area contributed by atoms with Crippen LogP contribution in [-0.2, 0) is 0 Å². The second-order valence-corrected chi connectivity index (χ2v) is 2.87. The second kappa shape index (κ2) is 4.85. The molecule has 0 amide bonds. The fourth-order valence-corrected chi connectivity index (χ4v) is 1.43. The molecule has 0 saturated carbocycles. The maximum Gasteiger partial charge on any atom is 0.0484 e. The van der Waals surface area contributed by atoms with Crippen molar-refractivity contribution in [3.8, 4) is 0 Å². The summed E-state index contributed by atoms with van der Waals surface area (Å²) < 4.78 is 0. The highest BCUT2D eigenvalue weighted by atomic mass is 35.5. The third-order valence-corrected chi connectivity index (χ3v) is 2.07. The van der Waals surface area contributed by atoms with Crippen molar-refractivity contribution in [2.24, 2.45) is 0 Å². The quantitative estimate of drug-likeness (QED) is 0.684. The van der Waals surface area contributed by atoms with E-state index in [0.717, 1.165) is 17.5 Å². The number of aliphatic hydroxyl groups excluding tert-OH is 1. The zero-order chi connectivity index (χ0) is 9.68. The molecule has 0 radical (unpaired) electrons. The summed E-state index contributed by atoms with van der Waals surface area (Å²) in [4.78, 5) is 0. The van der Waals surface area contributed by atoms with Gasteiger partial charge in [-0.15, -0.1) is 0 Å². The fraction of sp³-hybridized carbons (Fsp3) is 0.0909. The van der Waals surface area contributed by atoms with Crippen molar-refractivity contribution in [2.45, 2.75) is 0 Å². The predicted molar refractivity (Wildman–Crippen MR) is 57.1 cm³/mol. The lowest BCUT2D eigenvalue weighted by molar-refractivity contribution is 0.399. The van der Waals surface area contributed by atoms with E-state index in [1.807, 2.05) is 30.3 Å². The van der Waals surface area contributed by atoms with Crippen LogP contribution >= 0.6 is 11.6 Å². The van der Waals surface area contributed by atoms with Gasteiger partial charge in [0.05, 0.1) is 0 Å². The van der Waals surface area contributed by atoms with E-state index in [2.05, 4.69) is 12.1 Å². The Kier molecular flexibility index (Phi) is 3.74. The van der Waals surface area contributed by atoms with E-state index >= 15 is 0 Å². The smallest absolute Gasteiger partial charge is 0.0484 e. The summed E-state index contributed by atoms with van der Waals surface area (Å²) in [6, 6.07) is 14.0. The molecule has 68 valence electrons. The highest BCUT2D eigenvalue weighted by Crippen LogP contribution is 2.21. The fourth-order valence-electron chi connectivity index (χ4n) is 1.19. The molecule has 0 aromatic heterocycles. The highest BCUT2D eigenvalue weighted by Gasteiger charge is 1.93. The number of hydrogen-bond acceptors (Lipinski definition) is 1. The van der Waals surface area contributed by atoms with E-state index in [9.17, 15) is 0 Å². The van der Waals surface area contributed by atoms with E-state index in [1.54, 1.807) is 0 Å². The van der Waals surface area contributed by atoms with Crippen LogP contribution in [-0.4, -0.2) is 12.2 Å². The van der Waals surface area contributed by atoms with Gasteiger partial charge in [0, 0.05) is 17.5 Å². The molecule has 0 unspecified atom stereocenters. The molecule has 2 aromatic rings. The van der Waals surface area contributed by atoms with Crippen molar-refractivity contribution >= 4 is 22.4 Å². The van der Waals surface area contributed by atoms with Crippen molar-refractivity contribution in [1.82, 2.24) is 0 Å². The molecule has 2 heteroatoms. The first-order valence-electron chi connectivity index (χ1n) is 3.96. The minimum absolute atomic E-state index is 0.822. The topological polar surface area (TPSA) is 20.2 Å². The monoisotopic (exact) mass is 194 g/mol. The predicted octanol–water partition coefficient (Wildman–Crippen LogP) is 3.10. The second-order valence-electron chi connectivity index (χ2n) is 2.46. The van der Waals surface area contributed by atoms with Gasteiger partial charge >= 0.3 is 0 Å². The first kappa shape index (κ1) is 10.0. The molecular weight excluding hydrogens is 184 g/mol. The maximum absolute atomic E-state index is 7.00. The van der Waals surface area contributed by atoms with Crippen LogP contribution in [0.25, 0.3) is 10.8 Å². The van der Waals surface area contributed by atoms with Crippen molar-refractivity contribution in [3.05, 3.63) is 47.5 Å². The van der Waals surface area contributed by atoms with Crippen LogP contribution in [0.2, 0.25) is 5.02 Å². The molecule has 0 heterocycles. The molecule has 0 aliphatic rings. The van der Waals surface area contributed by atoms with Gasteiger partial charge in [-0.1, -0.05) is 48.0 Å². The average molecular weight is 195 g/mol. The molecule has 2 aromatic carbocycles. The van der Waals surface area contributed by atoms with Crippen LogP contribution in [0, 0.1) is 0 Å². The lowest BCUT2D eigenvalue weighted by Crippen LogP contribution is -1.70. The van der Waals surface area contributed by atoms with Crippen LogP contribution in [0.3, 0.4) is 0 Å². The SMILES string of the molecule is CO.Clc1cccc2ccccc12. The van der Waals surface area contributed by atoms with E-state index in [0.29, 0.717) is 0 Å². The van der Waals surface area contributed by atoms with Crippen LogP contribution in [0.4, 0.5) is 0 Å². The maximum atomic E-state index is 7.00. The summed E-state index contributed by atoms with van der Waals surface area (Å²) in [6.45, 7) is 0. The van der Waals surface area contributed by atoms with Crippen LogP contribution < -0.4 is 0 Å². The number of halogens is 1. The summed E-state index contributed by atoms with van der Waals surface area (Å²) in [5.41, 5.74) is 0. The molecule has 0 bridgehead atoms. The molecule has 0 fully saturated rings. The van der Waals surface area contributed by atoms with Gasteiger partial charge in [-0.05, 0) is 11.5 Å². The van der Waals surface area contributed by atoms with Crippen molar-refractivity contribution < 1.29 is 5.11 Å². The van der Waals surface area contributed by atoms with Crippen molar-refractivity contribution in [2.75, 3.05) is 7.11 Å². The molecule has 0 aliphatic carbocycles. The molecule has 13 heavy (non-hydrogen) atoms. The number of hydrogen-bond donors (Lipinski definition) is 1. The molecular formula is C11H11ClO. The molecule has 0 atom stereocenters. The summed E-state index contributed by atoms with van der Waals surface area (Å²) in [7, 11) is 1.00. The Balaban J connectivity index is 0.000000396. The Morgan fingerprint density at radius 2 is 1.54 bits per heavy atom. The Labute approximate surface area is 82.6 Å². The number of aliphatic hydroxyl groups is 1. The largest absolute Gasteiger partial charge is 0.400 e. The number of rotatable bonds is 0. The highest BCUT2D eigenvalue weighted by molar-refractivity contribution is 6.35. The third kappa shape index (κ3) is 2.20. The Bertz CT molecular complexity index is 379. The van der Waals surface area contributed by atoms with E-state index in [1.165, 1.54) is 5.39 Å². The minimum Gasteiger partial charge on any atom is -0.400 e. The Morgan fingerprint density at radius 3 is 2.23 bits per heavy atom. The average Bonchev–Trinajstić information content (AvgIpc) is 2.22. The van der Waals surface area contributed by atoms with Crippen LogP contribution in [0.5, 0.6) is 0 Å². The summed E-state index contributed by atoms with van der Waals surface area (Å²) in [5, 5.41) is 10.1. The molecule has 0 aliphatic heterocycles. The normalized spacial score (nSPS) is 9.15. The van der Waals surface area contributed by atoms with Crippen LogP contribution in [0.15, 0.2) is 42.5 Å². The molecule has 2 rings (SSSR count). The summed E-state index contributed by atoms with van der Waals surface area (Å²) >= 11 is 5.96. The van der Waals surface area contributed by atoms with Gasteiger partial charge in [0.1, 0.15) is 0 Å². The number of fused-ring (bicyclic) bond motifs is 1. The first-order chi connectivity index (χ1) is 6.38. The van der Waals surface area contributed by atoms with Gasteiger partial charge in [-0.25, -0.2) is 0 Å². The summed E-state index contributed by atoms with van der Waals surface area (Å²) in [5.74, 6) is 0. The van der Waals surface area contributed by atoms with E-state index in [-0.39, 0.29) is 0 Å². The Morgan fingerprint density at radius 1 is 0.923 bits per heavy atom. The van der Waals surface area contributed by atoms with Crippen molar-refractivity contribution in [3.63, 3.8) is 0 Å². The van der Waals surface area contributed by atoms with E-state index < -0.39 is 0 Å². The molecule has 0 saturated heterocycles. The van der Waals surface area contributed by atoms with Gasteiger partial charge in [0.2, 0.25) is 0 Å². The Hall–Kier alpha value is -1.05. The molecule has 1 N–H and O–H groups in total. The van der Waals surface area contributed by atoms with Gasteiger partial charge in [0.15, 0.2) is 0 Å². The molecule has 1 nitrogen and oxygen atoms in total.